The highest BCUT2D eigenvalue weighted by atomic mass is 35.5. The highest BCUT2D eigenvalue weighted by Crippen LogP contribution is 2.21. The number of ether oxygens (including phenoxy) is 1. The number of nitrogens with one attached hydrogen (secondary N) is 1. The van der Waals surface area contributed by atoms with Crippen LogP contribution in [0.3, 0.4) is 0 Å². The maximum Gasteiger partial charge on any atom is 0.220 e. The summed E-state index contributed by atoms with van der Waals surface area (Å²) in [6.07, 6.45) is -0.395. The van der Waals surface area contributed by atoms with Gasteiger partial charge in [0.1, 0.15) is 5.75 Å². The van der Waals surface area contributed by atoms with Crippen LogP contribution in [0.2, 0.25) is 5.02 Å². The fourth-order valence-corrected chi connectivity index (χ4v) is 2.38. The Morgan fingerprint density at radius 3 is 2.69 bits per heavy atom. The Morgan fingerprint density at radius 1 is 1.23 bits per heavy atom. The first-order chi connectivity index (χ1) is 12.4. The fourth-order valence-electron chi connectivity index (χ4n) is 2.27. The Bertz CT molecular complexity index is 770. The van der Waals surface area contributed by atoms with Gasteiger partial charge in [-0.05, 0) is 54.8 Å². The number of carbonyl (C=O) groups excluding carboxylic acids is 1. The topological polar surface area (TPSA) is 58.6 Å². The van der Waals surface area contributed by atoms with Crippen LogP contribution in [0.5, 0.6) is 5.75 Å². The van der Waals surface area contributed by atoms with Gasteiger partial charge in [-0.15, -0.1) is 0 Å². The van der Waals surface area contributed by atoms with E-state index in [0.29, 0.717) is 23.8 Å². The summed E-state index contributed by atoms with van der Waals surface area (Å²) in [5, 5.41) is 13.1. The van der Waals surface area contributed by atoms with Crippen molar-refractivity contribution in [3.63, 3.8) is 0 Å². The molecule has 1 atom stereocenters. The SMILES string of the molecule is Cc1cc(OCCCC(=O)NCC(O)c2ccc(F)c(F)c2)ccc1Cl. The van der Waals surface area contributed by atoms with E-state index in [1.165, 1.54) is 6.07 Å². The second-order valence-electron chi connectivity index (χ2n) is 5.86. The van der Waals surface area contributed by atoms with Crippen LogP contribution >= 0.6 is 11.6 Å². The third-order valence-electron chi connectivity index (χ3n) is 3.77. The summed E-state index contributed by atoms with van der Waals surface area (Å²) in [5.74, 6) is -1.60. The zero-order valence-electron chi connectivity index (χ0n) is 14.3. The summed E-state index contributed by atoms with van der Waals surface area (Å²) in [6, 6.07) is 8.45. The van der Waals surface area contributed by atoms with Gasteiger partial charge in [-0.1, -0.05) is 17.7 Å². The molecule has 4 nitrogen and oxygen atoms in total. The molecule has 0 saturated carbocycles. The lowest BCUT2D eigenvalue weighted by molar-refractivity contribution is -0.121. The van der Waals surface area contributed by atoms with Gasteiger partial charge in [-0.2, -0.15) is 0 Å². The predicted octanol–water partition coefficient (Wildman–Crippen LogP) is 3.94. The first-order valence-corrected chi connectivity index (χ1v) is 8.53. The minimum Gasteiger partial charge on any atom is -0.494 e. The molecule has 2 rings (SSSR count). The molecular weight excluding hydrogens is 364 g/mol. The number of halogens is 3. The summed E-state index contributed by atoms with van der Waals surface area (Å²) in [4.78, 5) is 11.8. The van der Waals surface area contributed by atoms with E-state index in [0.717, 1.165) is 17.7 Å². The lowest BCUT2D eigenvalue weighted by atomic mass is 10.1. The van der Waals surface area contributed by atoms with Gasteiger partial charge in [0.15, 0.2) is 11.6 Å². The largest absolute Gasteiger partial charge is 0.494 e. The Balaban J connectivity index is 1.68. The highest BCUT2D eigenvalue weighted by Gasteiger charge is 2.12. The number of hydrogen-bond acceptors (Lipinski definition) is 3. The molecule has 26 heavy (non-hydrogen) atoms. The number of aliphatic hydroxyl groups is 1. The van der Waals surface area contributed by atoms with Crippen molar-refractivity contribution in [1.29, 1.82) is 0 Å². The Hall–Kier alpha value is -2.18. The smallest absolute Gasteiger partial charge is 0.220 e. The zero-order valence-corrected chi connectivity index (χ0v) is 15.0. The van der Waals surface area contributed by atoms with Crippen LogP contribution in [0.4, 0.5) is 8.78 Å². The number of benzene rings is 2. The molecule has 2 N–H and O–H groups in total. The van der Waals surface area contributed by atoms with Gasteiger partial charge in [-0.25, -0.2) is 8.78 Å². The van der Waals surface area contributed by atoms with Crippen molar-refractivity contribution in [2.75, 3.05) is 13.2 Å². The third kappa shape index (κ3) is 5.97. The maximum absolute atomic E-state index is 13.1. The normalized spacial score (nSPS) is 11.9. The highest BCUT2D eigenvalue weighted by molar-refractivity contribution is 6.31. The van der Waals surface area contributed by atoms with E-state index >= 15 is 0 Å². The van der Waals surface area contributed by atoms with Gasteiger partial charge in [0.2, 0.25) is 5.91 Å². The number of aliphatic hydroxyl groups excluding tert-OH is 1. The molecule has 7 heteroatoms. The van der Waals surface area contributed by atoms with Crippen molar-refractivity contribution in [2.24, 2.45) is 0 Å². The van der Waals surface area contributed by atoms with Gasteiger partial charge < -0.3 is 15.2 Å². The first kappa shape index (κ1) is 20.1. The molecule has 2 aromatic carbocycles. The first-order valence-electron chi connectivity index (χ1n) is 8.15. The Labute approximate surface area is 155 Å². The van der Waals surface area contributed by atoms with E-state index < -0.39 is 17.7 Å². The van der Waals surface area contributed by atoms with Crippen LogP contribution in [0, 0.1) is 18.6 Å². The van der Waals surface area contributed by atoms with Crippen LogP contribution in [0.25, 0.3) is 0 Å². The van der Waals surface area contributed by atoms with Gasteiger partial charge in [0.05, 0.1) is 12.7 Å². The van der Waals surface area contributed by atoms with Crippen molar-refractivity contribution < 1.29 is 23.4 Å². The van der Waals surface area contributed by atoms with E-state index in [-0.39, 0.29) is 24.4 Å². The number of rotatable bonds is 8. The number of hydrogen-bond donors (Lipinski definition) is 2. The minimum atomic E-state index is -1.11. The molecule has 0 heterocycles. The van der Waals surface area contributed by atoms with E-state index in [9.17, 15) is 18.7 Å². The predicted molar refractivity (Wildman–Crippen MR) is 95.2 cm³/mol. The quantitative estimate of drug-likeness (QED) is 0.679. The molecule has 1 unspecified atom stereocenters. The third-order valence-corrected chi connectivity index (χ3v) is 4.19. The molecule has 140 valence electrons. The molecule has 0 aliphatic carbocycles. The maximum atomic E-state index is 13.1. The lowest BCUT2D eigenvalue weighted by Gasteiger charge is -2.13. The fraction of sp³-hybridized carbons (Fsp3) is 0.316. The molecule has 0 aliphatic rings. The Kier molecular flexibility index (Phi) is 7.36. The van der Waals surface area contributed by atoms with Gasteiger partial charge in [0.25, 0.3) is 0 Å². The van der Waals surface area contributed by atoms with Crippen LogP contribution < -0.4 is 10.1 Å². The lowest BCUT2D eigenvalue weighted by Crippen LogP contribution is -2.28. The molecule has 2 aromatic rings. The van der Waals surface area contributed by atoms with Gasteiger partial charge in [0, 0.05) is 18.0 Å². The van der Waals surface area contributed by atoms with Crippen LogP contribution in [0.1, 0.15) is 30.1 Å². The van der Waals surface area contributed by atoms with Crippen molar-refractivity contribution in [1.82, 2.24) is 5.32 Å². The number of aryl methyl sites for hydroxylation is 1. The summed E-state index contributed by atoms with van der Waals surface area (Å²) in [7, 11) is 0. The molecule has 0 saturated heterocycles. The molecule has 0 aromatic heterocycles. The summed E-state index contributed by atoms with van der Waals surface area (Å²) < 4.78 is 31.6. The van der Waals surface area contributed by atoms with E-state index in [1.807, 2.05) is 13.0 Å². The van der Waals surface area contributed by atoms with Crippen molar-refractivity contribution in [2.45, 2.75) is 25.9 Å². The van der Waals surface area contributed by atoms with Crippen molar-refractivity contribution in [3.8, 4) is 5.75 Å². The van der Waals surface area contributed by atoms with Gasteiger partial charge in [-0.3, -0.25) is 4.79 Å². The molecule has 0 bridgehead atoms. The number of carbonyl (C=O) groups is 1. The van der Waals surface area contributed by atoms with E-state index in [4.69, 9.17) is 16.3 Å². The standard InChI is InChI=1S/C19H20ClF2NO3/c1-12-9-14(5-6-15(12)20)26-8-2-3-19(25)23-11-18(24)13-4-7-16(21)17(22)10-13/h4-7,9-10,18,24H,2-3,8,11H2,1H3,(H,23,25). The molecule has 0 aliphatic heterocycles. The second-order valence-corrected chi connectivity index (χ2v) is 6.26. The molecule has 0 radical (unpaired) electrons. The summed E-state index contributed by atoms with van der Waals surface area (Å²) >= 11 is 5.94. The van der Waals surface area contributed by atoms with Crippen LogP contribution in [-0.4, -0.2) is 24.2 Å². The van der Waals surface area contributed by atoms with Crippen molar-refractivity contribution in [3.05, 3.63) is 64.2 Å². The summed E-state index contributed by atoms with van der Waals surface area (Å²) in [6.45, 7) is 2.16. The molecule has 1 amide bonds. The van der Waals surface area contributed by atoms with Crippen LogP contribution in [-0.2, 0) is 4.79 Å². The van der Waals surface area contributed by atoms with Gasteiger partial charge >= 0.3 is 0 Å². The Morgan fingerprint density at radius 2 is 2.00 bits per heavy atom. The molecular formula is C19H20ClF2NO3. The zero-order chi connectivity index (χ0) is 19.1. The van der Waals surface area contributed by atoms with Crippen molar-refractivity contribution >= 4 is 17.5 Å². The average molecular weight is 384 g/mol. The average Bonchev–Trinajstić information content (AvgIpc) is 2.62. The second kappa shape index (κ2) is 9.50. The van der Waals surface area contributed by atoms with E-state index in [2.05, 4.69) is 5.32 Å². The molecule has 0 spiro atoms. The monoisotopic (exact) mass is 383 g/mol. The summed E-state index contributed by atoms with van der Waals surface area (Å²) in [5.41, 5.74) is 1.11. The van der Waals surface area contributed by atoms with E-state index in [1.54, 1.807) is 12.1 Å². The number of amides is 1. The minimum absolute atomic E-state index is 0.0822. The molecule has 0 fully saturated rings. The van der Waals surface area contributed by atoms with Crippen LogP contribution in [0.15, 0.2) is 36.4 Å².